The standard InChI is InChI=1S/C45H62N12O14/c1-4-23(2)39-44(70)53-28(13-15-33(46)60)41(67)55-32(19-34(47)61)42(68)54-29(14-16-36(63)49-21-37(64)51-31(43(69)56-39)18-25-7-11-27(59)12-8-25)45(71)57(3)22-38(65)52-30(40(66)50-20-35(48)62)17-24-5-9-26(58)10-6-24/h5-12,23,28-32,39,58-59H,4,13-22H2,1-3H3,(H2,46,60)(H2,47,61)(H2,48,62)(H,49,63)(H,50,66)(H,51,64)(H,52,65)(H,53,70)(H,54,68)(H,55,67)(H,56,69)/t23?,28-,29-,30-,31-,32-,39?/m0/s1. The molecule has 0 saturated carbocycles. The number of carbonyl (C=O) groups is 12. The number of phenols is 2. The highest BCUT2D eigenvalue weighted by molar-refractivity contribution is 5.99. The molecule has 3 rings (SSSR count). The van der Waals surface area contributed by atoms with Crippen LogP contribution < -0.4 is 59.7 Å². The van der Waals surface area contributed by atoms with Gasteiger partial charge in [-0.3, -0.25) is 57.5 Å². The Hall–Kier alpha value is -8.32. The van der Waals surface area contributed by atoms with E-state index in [1.54, 1.807) is 13.8 Å². The minimum absolute atomic E-state index is 0.0775. The van der Waals surface area contributed by atoms with Crippen molar-refractivity contribution < 1.29 is 67.7 Å². The number of likely N-dealkylation sites (N-methyl/N-ethyl adjacent to an activating group) is 1. The molecule has 16 N–H and O–H groups in total. The Bertz CT molecular complexity index is 2300. The van der Waals surface area contributed by atoms with Gasteiger partial charge in [0.25, 0.3) is 0 Å². The molecule has 1 saturated heterocycles. The molecule has 386 valence electrons. The largest absolute Gasteiger partial charge is 0.508 e. The second-order valence-electron chi connectivity index (χ2n) is 16.9. The van der Waals surface area contributed by atoms with Crippen LogP contribution in [0.15, 0.2) is 48.5 Å². The molecule has 0 radical (unpaired) electrons. The maximum Gasteiger partial charge on any atom is 0.245 e. The molecule has 7 atom stereocenters. The van der Waals surface area contributed by atoms with Gasteiger partial charge in [-0.05, 0) is 54.2 Å². The van der Waals surface area contributed by atoms with Crippen LogP contribution in [-0.2, 0) is 70.4 Å². The van der Waals surface area contributed by atoms with Gasteiger partial charge in [-0.2, -0.15) is 0 Å². The van der Waals surface area contributed by atoms with Crippen LogP contribution in [0.1, 0.15) is 63.5 Å². The number of nitrogens with two attached hydrogens (primary N) is 3. The zero-order chi connectivity index (χ0) is 52.9. The fourth-order valence-electron chi connectivity index (χ4n) is 7.02. The molecule has 0 aromatic heterocycles. The van der Waals surface area contributed by atoms with E-state index in [1.165, 1.54) is 48.5 Å². The zero-order valence-corrected chi connectivity index (χ0v) is 39.4. The second kappa shape index (κ2) is 27.6. The molecular weight excluding hydrogens is 933 g/mol. The Morgan fingerprint density at radius 2 is 1.30 bits per heavy atom. The Morgan fingerprint density at radius 1 is 0.718 bits per heavy atom. The summed E-state index contributed by atoms with van der Waals surface area (Å²) in [5, 5.41) is 38.9. The maximum absolute atomic E-state index is 14.1. The first kappa shape index (κ1) is 57.0. The molecule has 26 nitrogen and oxygen atoms in total. The average molecular weight is 995 g/mol. The van der Waals surface area contributed by atoms with Gasteiger partial charge in [0.05, 0.1) is 26.1 Å². The zero-order valence-electron chi connectivity index (χ0n) is 39.4. The van der Waals surface area contributed by atoms with Gasteiger partial charge >= 0.3 is 0 Å². The van der Waals surface area contributed by atoms with E-state index >= 15 is 0 Å². The van der Waals surface area contributed by atoms with Crippen molar-refractivity contribution in [3.8, 4) is 11.5 Å². The van der Waals surface area contributed by atoms with Gasteiger partial charge in [-0.25, -0.2) is 0 Å². The van der Waals surface area contributed by atoms with Crippen LogP contribution in [0.25, 0.3) is 0 Å². The van der Waals surface area contributed by atoms with E-state index in [-0.39, 0.29) is 24.3 Å². The Balaban J connectivity index is 2.01. The van der Waals surface area contributed by atoms with Crippen LogP contribution in [0, 0.1) is 5.92 Å². The molecule has 26 heteroatoms. The molecule has 1 fully saturated rings. The highest BCUT2D eigenvalue weighted by Crippen LogP contribution is 2.15. The van der Waals surface area contributed by atoms with Crippen molar-refractivity contribution in [3.05, 3.63) is 59.7 Å². The summed E-state index contributed by atoms with van der Waals surface area (Å²) in [4.78, 5) is 159. The number of nitrogens with one attached hydrogen (secondary N) is 8. The topological polar surface area (TPSA) is 423 Å². The summed E-state index contributed by atoms with van der Waals surface area (Å²) < 4.78 is 0. The lowest BCUT2D eigenvalue weighted by atomic mass is 9.96. The summed E-state index contributed by atoms with van der Waals surface area (Å²) in [6.07, 6.45) is -2.90. The van der Waals surface area contributed by atoms with E-state index in [2.05, 4.69) is 42.5 Å². The van der Waals surface area contributed by atoms with Gasteiger partial charge in [-0.15, -0.1) is 0 Å². The number of primary amides is 3. The highest BCUT2D eigenvalue weighted by atomic mass is 16.3. The monoisotopic (exact) mass is 994 g/mol. The third-order valence-corrected chi connectivity index (χ3v) is 11.1. The van der Waals surface area contributed by atoms with E-state index < -0.39 is 165 Å². The van der Waals surface area contributed by atoms with Crippen molar-refractivity contribution in [1.82, 2.24) is 47.4 Å². The molecule has 2 aromatic rings. The number of nitrogens with zero attached hydrogens (tertiary/aromatic N) is 1. The van der Waals surface area contributed by atoms with Gasteiger partial charge in [-0.1, -0.05) is 44.5 Å². The molecule has 0 spiro atoms. The number of benzene rings is 2. The second-order valence-corrected chi connectivity index (χ2v) is 16.9. The average Bonchev–Trinajstić information content (AvgIpc) is 3.31. The van der Waals surface area contributed by atoms with Crippen molar-refractivity contribution >= 4 is 70.9 Å². The molecule has 0 aliphatic carbocycles. The van der Waals surface area contributed by atoms with Crippen LogP contribution in [0.3, 0.4) is 0 Å². The SMILES string of the molecule is CCC(C)C1NC(=O)[C@H](Cc2ccc(O)cc2)NC(=O)CNC(=O)CC[C@@H](C(=O)N(C)CC(=O)N[C@@H](Cc2ccc(O)cc2)C(=O)NCC(N)=O)NC(=O)[C@H](CC(N)=O)NC(=O)[C@H](CCC(N)=O)NC1=O. The molecule has 1 heterocycles. The van der Waals surface area contributed by atoms with Crippen LogP contribution in [0.4, 0.5) is 0 Å². The summed E-state index contributed by atoms with van der Waals surface area (Å²) >= 11 is 0. The Kier molecular flexibility index (Phi) is 22.2. The molecule has 71 heavy (non-hydrogen) atoms. The first-order valence-electron chi connectivity index (χ1n) is 22.5. The first-order chi connectivity index (χ1) is 33.4. The molecular formula is C45H62N12O14. The van der Waals surface area contributed by atoms with Gasteiger partial charge in [0, 0.05) is 32.7 Å². The molecule has 12 amide bonds. The predicted molar refractivity (Wildman–Crippen MR) is 249 cm³/mol. The lowest BCUT2D eigenvalue weighted by molar-refractivity contribution is -0.140. The van der Waals surface area contributed by atoms with E-state index in [4.69, 9.17) is 17.2 Å². The van der Waals surface area contributed by atoms with Gasteiger partial charge in [0.1, 0.15) is 47.8 Å². The maximum atomic E-state index is 14.1. The number of hydrogen-bond donors (Lipinski definition) is 13. The number of carbonyl (C=O) groups excluding carboxylic acids is 12. The lowest BCUT2D eigenvalue weighted by Gasteiger charge is -2.29. The number of phenolic OH excluding ortho intramolecular Hbond substituents is 2. The molecule has 2 unspecified atom stereocenters. The number of aromatic hydroxyl groups is 2. The Labute approximate surface area is 407 Å². The number of amides is 12. The van der Waals surface area contributed by atoms with Gasteiger partial charge in [0.2, 0.25) is 70.9 Å². The third kappa shape index (κ3) is 19.7. The fraction of sp³-hybridized carbons (Fsp3) is 0.467. The number of rotatable bonds is 18. The van der Waals surface area contributed by atoms with Crippen molar-refractivity contribution in [3.63, 3.8) is 0 Å². The fourth-order valence-corrected chi connectivity index (χ4v) is 7.02. The minimum atomic E-state index is -1.86. The van der Waals surface area contributed by atoms with Crippen LogP contribution >= 0.6 is 0 Å². The molecule has 0 bridgehead atoms. The van der Waals surface area contributed by atoms with Crippen LogP contribution in [0.2, 0.25) is 0 Å². The summed E-state index contributed by atoms with van der Waals surface area (Å²) in [7, 11) is 1.14. The van der Waals surface area contributed by atoms with E-state index in [9.17, 15) is 67.7 Å². The summed E-state index contributed by atoms with van der Waals surface area (Å²) in [6.45, 7) is 1.28. The highest BCUT2D eigenvalue weighted by Gasteiger charge is 2.36. The van der Waals surface area contributed by atoms with E-state index in [1.807, 2.05) is 0 Å². The van der Waals surface area contributed by atoms with Crippen molar-refractivity contribution in [2.24, 2.45) is 23.1 Å². The van der Waals surface area contributed by atoms with Gasteiger partial charge < -0.3 is 74.8 Å². The summed E-state index contributed by atoms with van der Waals surface area (Å²) in [6, 6.07) is 2.01. The predicted octanol–water partition coefficient (Wildman–Crippen LogP) is -5.05. The molecule has 2 aromatic carbocycles. The number of hydrogen-bond acceptors (Lipinski definition) is 14. The minimum Gasteiger partial charge on any atom is -0.508 e. The van der Waals surface area contributed by atoms with Crippen molar-refractivity contribution in [2.75, 3.05) is 26.7 Å². The van der Waals surface area contributed by atoms with E-state index in [0.717, 1.165) is 11.9 Å². The molecule has 1 aliphatic rings. The Morgan fingerprint density at radius 3 is 1.87 bits per heavy atom. The molecule has 1 aliphatic heterocycles. The summed E-state index contributed by atoms with van der Waals surface area (Å²) in [5.74, 6) is -12.2. The van der Waals surface area contributed by atoms with Gasteiger partial charge in [0.15, 0.2) is 0 Å². The normalized spacial score (nSPS) is 20.4. The van der Waals surface area contributed by atoms with Crippen molar-refractivity contribution in [1.29, 1.82) is 0 Å². The third-order valence-electron chi connectivity index (χ3n) is 11.1. The van der Waals surface area contributed by atoms with Crippen molar-refractivity contribution in [2.45, 2.75) is 101 Å². The summed E-state index contributed by atoms with van der Waals surface area (Å²) in [5.41, 5.74) is 16.9. The van der Waals surface area contributed by atoms with E-state index in [0.29, 0.717) is 17.5 Å². The van der Waals surface area contributed by atoms with Crippen LogP contribution in [-0.4, -0.2) is 149 Å². The first-order valence-corrected chi connectivity index (χ1v) is 22.5. The van der Waals surface area contributed by atoms with Crippen LogP contribution in [0.5, 0.6) is 11.5 Å². The smallest absolute Gasteiger partial charge is 0.245 e. The lowest BCUT2D eigenvalue weighted by Crippen LogP contribution is -2.61. The quantitative estimate of drug-likeness (QED) is 0.0665.